The summed E-state index contributed by atoms with van der Waals surface area (Å²) in [6.45, 7) is 2.38. The molecule has 8 heteroatoms. The third-order valence-corrected chi connectivity index (χ3v) is 2.73. The zero-order valence-electron chi connectivity index (χ0n) is 9.42. The summed E-state index contributed by atoms with van der Waals surface area (Å²) in [5, 5.41) is 0. The number of anilines is 2. The Labute approximate surface area is 98.6 Å². The summed E-state index contributed by atoms with van der Waals surface area (Å²) in [5.74, 6) is 0. The van der Waals surface area contributed by atoms with Crippen LogP contribution < -0.4 is 11.5 Å². The Morgan fingerprint density at radius 1 is 0.667 bits per heavy atom. The Hall–Kier alpha value is -1.60. The van der Waals surface area contributed by atoms with E-state index >= 15 is 0 Å². The first-order valence-corrected chi connectivity index (χ1v) is 4.71. The number of alkyl halides is 6. The predicted molar refractivity (Wildman–Crippen MR) is 54.7 cm³/mol. The van der Waals surface area contributed by atoms with Crippen LogP contribution in [0, 0.1) is 13.8 Å². The Morgan fingerprint density at radius 2 is 0.889 bits per heavy atom. The van der Waals surface area contributed by atoms with E-state index in [-0.39, 0.29) is 11.1 Å². The lowest BCUT2D eigenvalue weighted by atomic mass is 9.94. The molecule has 0 saturated carbocycles. The van der Waals surface area contributed by atoms with E-state index in [1.54, 1.807) is 0 Å². The molecular formula is C10H10F6N2. The van der Waals surface area contributed by atoms with Crippen molar-refractivity contribution in [3.63, 3.8) is 0 Å². The van der Waals surface area contributed by atoms with Crippen LogP contribution in [0.1, 0.15) is 22.3 Å². The molecule has 0 saturated heterocycles. The molecule has 0 amide bonds. The highest BCUT2D eigenvalue weighted by Gasteiger charge is 2.47. The summed E-state index contributed by atoms with van der Waals surface area (Å²) in [6, 6.07) is 0. The van der Waals surface area contributed by atoms with Crippen LogP contribution >= 0.6 is 0 Å². The fourth-order valence-electron chi connectivity index (χ4n) is 1.64. The predicted octanol–water partition coefficient (Wildman–Crippen LogP) is 3.51. The van der Waals surface area contributed by atoms with E-state index in [0.717, 1.165) is 0 Å². The minimum Gasteiger partial charge on any atom is -0.398 e. The Morgan fingerprint density at radius 3 is 1.06 bits per heavy atom. The van der Waals surface area contributed by atoms with Gasteiger partial charge in [0.05, 0.1) is 11.1 Å². The number of benzene rings is 1. The maximum atomic E-state index is 12.7. The van der Waals surface area contributed by atoms with Crippen molar-refractivity contribution in [3.05, 3.63) is 22.3 Å². The number of rotatable bonds is 0. The van der Waals surface area contributed by atoms with Crippen LogP contribution in [0.2, 0.25) is 0 Å². The molecule has 0 bridgehead atoms. The van der Waals surface area contributed by atoms with Crippen molar-refractivity contribution in [2.24, 2.45) is 0 Å². The van der Waals surface area contributed by atoms with E-state index in [9.17, 15) is 26.3 Å². The van der Waals surface area contributed by atoms with Crippen LogP contribution in [0.4, 0.5) is 37.7 Å². The summed E-state index contributed by atoms with van der Waals surface area (Å²) in [7, 11) is 0. The molecule has 1 rings (SSSR count). The van der Waals surface area contributed by atoms with Crippen LogP contribution in [0.3, 0.4) is 0 Å². The van der Waals surface area contributed by atoms with Crippen LogP contribution in [0.15, 0.2) is 0 Å². The minimum atomic E-state index is -5.22. The highest BCUT2D eigenvalue weighted by molar-refractivity contribution is 5.72. The van der Waals surface area contributed by atoms with Crippen LogP contribution in [0.5, 0.6) is 0 Å². The summed E-state index contributed by atoms with van der Waals surface area (Å²) in [6.07, 6.45) is -10.4. The third kappa shape index (κ3) is 2.19. The van der Waals surface area contributed by atoms with Gasteiger partial charge in [-0.05, 0) is 25.0 Å². The van der Waals surface area contributed by atoms with Gasteiger partial charge in [0.25, 0.3) is 0 Å². The Balaban J connectivity index is 3.89. The summed E-state index contributed by atoms with van der Waals surface area (Å²) >= 11 is 0. The molecule has 1 aromatic carbocycles. The van der Waals surface area contributed by atoms with Gasteiger partial charge in [-0.25, -0.2) is 0 Å². The average Bonchev–Trinajstić information content (AvgIpc) is 2.16. The maximum Gasteiger partial charge on any atom is 0.419 e. The Kier molecular flexibility index (Phi) is 3.18. The van der Waals surface area contributed by atoms with Crippen molar-refractivity contribution in [2.45, 2.75) is 26.2 Å². The van der Waals surface area contributed by atoms with Gasteiger partial charge in [0.1, 0.15) is 0 Å². The number of nitrogens with two attached hydrogens (primary N) is 2. The van der Waals surface area contributed by atoms with Gasteiger partial charge in [-0.2, -0.15) is 26.3 Å². The smallest absolute Gasteiger partial charge is 0.398 e. The van der Waals surface area contributed by atoms with Crippen molar-refractivity contribution in [2.75, 3.05) is 11.5 Å². The Bertz CT molecular complexity index is 442. The summed E-state index contributed by atoms with van der Waals surface area (Å²) in [5.41, 5.74) is 4.39. The molecule has 0 aliphatic carbocycles. The van der Waals surface area contributed by atoms with Gasteiger partial charge in [0.2, 0.25) is 0 Å². The molecule has 0 atom stereocenters. The van der Waals surface area contributed by atoms with Crippen LogP contribution in [0.25, 0.3) is 0 Å². The number of halogens is 6. The van der Waals surface area contributed by atoms with Gasteiger partial charge in [-0.3, -0.25) is 0 Å². The fourth-order valence-corrected chi connectivity index (χ4v) is 1.64. The standard InChI is InChI=1S/C10H10F6N2/c1-3-4(2)8(18)6(10(14,15)16)5(7(3)17)9(11,12)13/h17-18H2,1-2H3. The van der Waals surface area contributed by atoms with Crippen molar-refractivity contribution < 1.29 is 26.3 Å². The zero-order chi connectivity index (χ0) is 14.5. The van der Waals surface area contributed by atoms with Gasteiger partial charge in [-0.1, -0.05) is 0 Å². The highest BCUT2D eigenvalue weighted by atomic mass is 19.4. The van der Waals surface area contributed by atoms with E-state index in [0.29, 0.717) is 0 Å². The van der Waals surface area contributed by atoms with E-state index < -0.39 is 34.9 Å². The normalized spacial score (nSPS) is 12.9. The molecule has 0 spiro atoms. The number of nitrogen functional groups attached to an aromatic ring is 2. The molecule has 102 valence electrons. The van der Waals surface area contributed by atoms with E-state index in [2.05, 4.69) is 0 Å². The summed E-state index contributed by atoms with van der Waals surface area (Å²) < 4.78 is 76.2. The molecule has 0 aromatic heterocycles. The molecule has 4 N–H and O–H groups in total. The molecule has 0 heterocycles. The fraction of sp³-hybridized carbons (Fsp3) is 0.400. The molecule has 2 nitrogen and oxygen atoms in total. The highest BCUT2D eigenvalue weighted by Crippen LogP contribution is 2.48. The van der Waals surface area contributed by atoms with Crippen molar-refractivity contribution in [3.8, 4) is 0 Å². The van der Waals surface area contributed by atoms with Gasteiger partial charge in [0.15, 0.2) is 0 Å². The monoisotopic (exact) mass is 272 g/mol. The molecular weight excluding hydrogens is 262 g/mol. The quantitative estimate of drug-likeness (QED) is 0.561. The molecule has 0 aliphatic rings. The van der Waals surface area contributed by atoms with Crippen molar-refractivity contribution in [1.29, 1.82) is 0 Å². The van der Waals surface area contributed by atoms with E-state index in [1.807, 2.05) is 0 Å². The molecule has 0 unspecified atom stereocenters. The molecule has 0 fully saturated rings. The van der Waals surface area contributed by atoms with E-state index in [1.165, 1.54) is 13.8 Å². The van der Waals surface area contributed by atoms with Gasteiger partial charge >= 0.3 is 12.4 Å². The lowest BCUT2D eigenvalue weighted by Crippen LogP contribution is -2.22. The average molecular weight is 272 g/mol. The van der Waals surface area contributed by atoms with Crippen LogP contribution in [-0.2, 0) is 12.4 Å². The lowest BCUT2D eigenvalue weighted by molar-refractivity contribution is -0.161. The van der Waals surface area contributed by atoms with Crippen LogP contribution in [-0.4, -0.2) is 0 Å². The molecule has 0 aliphatic heterocycles. The van der Waals surface area contributed by atoms with Gasteiger partial charge in [0, 0.05) is 11.4 Å². The maximum absolute atomic E-state index is 12.7. The lowest BCUT2D eigenvalue weighted by Gasteiger charge is -2.22. The topological polar surface area (TPSA) is 52.0 Å². The van der Waals surface area contributed by atoms with Crippen molar-refractivity contribution >= 4 is 11.4 Å². The first kappa shape index (κ1) is 14.5. The molecule has 0 radical (unpaired) electrons. The zero-order valence-corrected chi connectivity index (χ0v) is 9.42. The van der Waals surface area contributed by atoms with Gasteiger partial charge in [-0.15, -0.1) is 0 Å². The second kappa shape index (κ2) is 3.96. The number of hydrogen-bond acceptors (Lipinski definition) is 2. The van der Waals surface area contributed by atoms with E-state index in [4.69, 9.17) is 11.5 Å². The summed E-state index contributed by atoms with van der Waals surface area (Å²) in [4.78, 5) is 0. The second-order valence-electron chi connectivity index (χ2n) is 3.82. The number of hydrogen-bond donors (Lipinski definition) is 2. The molecule has 1 aromatic rings. The third-order valence-electron chi connectivity index (χ3n) is 2.73. The second-order valence-corrected chi connectivity index (χ2v) is 3.82. The van der Waals surface area contributed by atoms with Gasteiger partial charge < -0.3 is 11.5 Å². The van der Waals surface area contributed by atoms with Crippen molar-refractivity contribution in [1.82, 2.24) is 0 Å². The molecule has 18 heavy (non-hydrogen) atoms. The first-order valence-electron chi connectivity index (χ1n) is 4.71. The minimum absolute atomic E-state index is 0.104. The SMILES string of the molecule is Cc1c(C)c(N)c(C(F)(F)F)c(C(F)(F)F)c1N. The largest absolute Gasteiger partial charge is 0.419 e. The first-order chi connectivity index (χ1) is 7.89.